The third kappa shape index (κ3) is 2.82. The molecule has 18 heavy (non-hydrogen) atoms. The molecule has 0 aliphatic heterocycles. The predicted molar refractivity (Wildman–Crippen MR) is 62.6 cm³/mol. The van der Waals surface area contributed by atoms with Gasteiger partial charge in [0.2, 0.25) is 5.95 Å². The van der Waals surface area contributed by atoms with Gasteiger partial charge in [-0.05, 0) is 24.3 Å². The van der Waals surface area contributed by atoms with E-state index in [0.717, 1.165) is 0 Å². The zero-order valence-electron chi connectivity index (χ0n) is 9.85. The Kier molecular flexibility index (Phi) is 3.52. The Morgan fingerprint density at radius 2 is 1.50 bits per heavy atom. The van der Waals surface area contributed by atoms with Crippen molar-refractivity contribution in [3.63, 3.8) is 0 Å². The molecule has 1 heterocycles. The monoisotopic (exact) mass is 250 g/mol. The lowest BCUT2D eigenvalue weighted by Crippen LogP contribution is -2.03. The molecule has 0 saturated carbocycles. The number of hydrogen-bond acceptors (Lipinski definition) is 6. The van der Waals surface area contributed by atoms with E-state index in [1.807, 2.05) is 0 Å². The summed E-state index contributed by atoms with van der Waals surface area (Å²) in [5, 5.41) is 2.89. The van der Waals surface area contributed by atoms with E-state index in [0.29, 0.717) is 5.69 Å². The van der Waals surface area contributed by atoms with Crippen LogP contribution in [0.3, 0.4) is 0 Å². The van der Waals surface area contributed by atoms with E-state index in [4.69, 9.17) is 9.47 Å². The molecule has 1 N–H and O–H groups in total. The summed E-state index contributed by atoms with van der Waals surface area (Å²) < 4.78 is 22.6. The van der Waals surface area contributed by atoms with Crippen molar-refractivity contribution in [1.29, 1.82) is 0 Å². The summed E-state index contributed by atoms with van der Waals surface area (Å²) in [4.78, 5) is 11.8. The lowest BCUT2D eigenvalue weighted by Gasteiger charge is -2.07. The van der Waals surface area contributed by atoms with Gasteiger partial charge in [0.25, 0.3) is 0 Å². The third-order valence-corrected chi connectivity index (χ3v) is 2.06. The average molecular weight is 250 g/mol. The van der Waals surface area contributed by atoms with E-state index in [9.17, 15) is 4.39 Å². The minimum atomic E-state index is -0.314. The molecule has 0 spiro atoms. The Morgan fingerprint density at radius 1 is 0.944 bits per heavy atom. The molecule has 94 valence electrons. The van der Waals surface area contributed by atoms with Crippen LogP contribution in [-0.4, -0.2) is 29.2 Å². The number of rotatable bonds is 4. The quantitative estimate of drug-likeness (QED) is 0.891. The highest BCUT2D eigenvalue weighted by molar-refractivity contribution is 5.53. The van der Waals surface area contributed by atoms with Crippen LogP contribution >= 0.6 is 0 Å². The molecule has 1 aromatic carbocycles. The van der Waals surface area contributed by atoms with Crippen LogP contribution in [0.15, 0.2) is 24.3 Å². The molecule has 1 aromatic heterocycles. The molecule has 0 atom stereocenters. The zero-order valence-corrected chi connectivity index (χ0v) is 9.85. The molecule has 0 saturated heterocycles. The highest BCUT2D eigenvalue weighted by Gasteiger charge is 2.07. The molecule has 0 aliphatic rings. The standard InChI is InChI=1S/C11H11FN4O2/c1-17-10-14-9(15-11(16-10)18-2)13-8-5-3-7(12)4-6-8/h3-6H,1-2H3,(H,13,14,15,16). The van der Waals surface area contributed by atoms with Gasteiger partial charge in [-0.25, -0.2) is 4.39 Å². The van der Waals surface area contributed by atoms with Crippen LogP contribution < -0.4 is 14.8 Å². The van der Waals surface area contributed by atoms with Gasteiger partial charge in [0.05, 0.1) is 14.2 Å². The highest BCUT2D eigenvalue weighted by atomic mass is 19.1. The van der Waals surface area contributed by atoms with Crippen molar-refractivity contribution in [3.05, 3.63) is 30.1 Å². The van der Waals surface area contributed by atoms with Crippen LogP contribution in [0.4, 0.5) is 16.0 Å². The van der Waals surface area contributed by atoms with Gasteiger partial charge < -0.3 is 14.8 Å². The van der Waals surface area contributed by atoms with Crippen LogP contribution in [0, 0.1) is 5.82 Å². The first kappa shape index (κ1) is 12.0. The minimum absolute atomic E-state index is 0.131. The van der Waals surface area contributed by atoms with Gasteiger partial charge in [-0.2, -0.15) is 9.97 Å². The molecule has 0 aliphatic carbocycles. The molecule has 0 fully saturated rings. The highest BCUT2D eigenvalue weighted by Crippen LogP contribution is 2.17. The van der Waals surface area contributed by atoms with Gasteiger partial charge in [-0.1, -0.05) is 0 Å². The normalized spacial score (nSPS) is 9.94. The fourth-order valence-corrected chi connectivity index (χ4v) is 1.24. The van der Waals surface area contributed by atoms with Gasteiger partial charge >= 0.3 is 12.0 Å². The number of hydrogen-bond donors (Lipinski definition) is 1. The average Bonchev–Trinajstić information content (AvgIpc) is 2.41. The number of nitrogens with one attached hydrogen (secondary N) is 1. The van der Waals surface area contributed by atoms with E-state index in [2.05, 4.69) is 20.3 Å². The zero-order chi connectivity index (χ0) is 13.0. The van der Waals surface area contributed by atoms with Gasteiger partial charge in [-0.3, -0.25) is 0 Å². The van der Waals surface area contributed by atoms with E-state index in [1.165, 1.54) is 26.4 Å². The largest absolute Gasteiger partial charge is 0.467 e. The van der Waals surface area contributed by atoms with Crippen molar-refractivity contribution >= 4 is 11.6 Å². The fourth-order valence-electron chi connectivity index (χ4n) is 1.24. The van der Waals surface area contributed by atoms with Crippen molar-refractivity contribution in [1.82, 2.24) is 15.0 Å². The number of ether oxygens (including phenoxy) is 2. The van der Waals surface area contributed by atoms with Crippen molar-refractivity contribution in [3.8, 4) is 12.0 Å². The number of methoxy groups -OCH3 is 2. The molecular weight excluding hydrogens is 239 g/mol. The molecule has 0 radical (unpaired) electrons. The molecule has 0 unspecified atom stereocenters. The van der Waals surface area contributed by atoms with Gasteiger partial charge in [-0.15, -0.1) is 4.98 Å². The summed E-state index contributed by atoms with van der Waals surface area (Å²) in [6.45, 7) is 0. The number of anilines is 2. The van der Waals surface area contributed by atoms with E-state index >= 15 is 0 Å². The van der Waals surface area contributed by atoms with Crippen molar-refractivity contribution in [2.24, 2.45) is 0 Å². The number of halogens is 1. The third-order valence-electron chi connectivity index (χ3n) is 2.06. The van der Waals surface area contributed by atoms with E-state index < -0.39 is 0 Å². The van der Waals surface area contributed by atoms with E-state index in [-0.39, 0.29) is 23.8 Å². The molecule has 0 bridgehead atoms. The number of benzene rings is 1. The summed E-state index contributed by atoms with van der Waals surface area (Å²) in [6, 6.07) is 6.06. The lowest BCUT2D eigenvalue weighted by atomic mass is 10.3. The fraction of sp³-hybridized carbons (Fsp3) is 0.182. The first-order valence-electron chi connectivity index (χ1n) is 5.08. The topological polar surface area (TPSA) is 69.2 Å². The summed E-state index contributed by atoms with van der Waals surface area (Å²) in [5.41, 5.74) is 0.645. The molecular formula is C11H11FN4O2. The second-order valence-corrected chi connectivity index (χ2v) is 3.26. The minimum Gasteiger partial charge on any atom is -0.467 e. The van der Waals surface area contributed by atoms with Crippen LogP contribution in [0.1, 0.15) is 0 Å². The SMILES string of the molecule is COc1nc(Nc2ccc(F)cc2)nc(OC)n1. The lowest BCUT2D eigenvalue weighted by molar-refractivity contribution is 0.341. The number of nitrogens with zero attached hydrogens (tertiary/aromatic N) is 3. The van der Waals surface area contributed by atoms with Gasteiger partial charge in [0.1, 0.15) is 5.82 Å². The number of aromatic nitrogens is 3. The van der Waals surface area contributed by atoms with Crippen molar-refractivity contribution < 1.29 is 13.9 Å². The van der Waals surface area contributed by atoms with Crippen LogP contribution in [-0.2, 0) is 0 Å². The Morgan fingerprint density at radius 3 is 2.00 bits per heavy atom. The first-order valence-corrected chi connectivity index (χ1v) is 5.08. The second kappa shape index (κ2) is 5.26. The maximum absolute atomic E-state index is 12.8. The Labute approximate surface area is 103 Å². The molecule has 0 amide bonds. The maximum Gasteiger partial charge on any atom is 0.324 e. The predicted octanol–water partition coefficient (Wildman–Crippen LogP) is 1.77. The van der Waals surface area contributed by atoms with Gasteiger partial charge in [0.15, 0.2) is 0 Å². The van der Waals surface area contributed by atoms with Crippen molar-refractivity contribution in [2.45, 2.75) is 0 Å². The summed E-state index contributed by atoms with van der Waals surface area (Å²) in [5.74, 6) is -0.0586. The Bertz CT molecular complexity index is 511. The molecule has 6 nitrogen and oxygen atoms in total. The van der Waals surface area contributed by atoms with Crippen molar-refractivity contribution in [2.75, 3.05) is 19.5 Å². The van der Waals surface area contributed by atoms with Crippen LogP contribution in [0.2, 0.25) is 0 Å². The molecule has 2 rings (SSSR count). The first-order chi connectivity index (χ1) is 8.71. The van der Waals surface area contributed by atoms with Gasteiger partial charge in [0, 0.05) is 5.69 Å². The van der Waals surface area contributed by atoms with E-state index in [1.54, 1.807) is 12.1 Å². The summed E-state index contributed by atoms with van der Waals surface area (Å²) >= 11 is 0. The smallest absolute Gasteiger partial charge is 0.324 e. The summed E-state index contributed by atoms with van der Waals surface area (Å²) in [6.07, 6.45) is 0. The van der Waals surface area contributed by atoms with Crippen LogP contribution in [0.25, 0.3) is 0 Å². The maximum atomic E-state index is 12.8. The summed E-state index contributed by atoms with van der Waals surface area (Å²) in [7, 11) is 2.88. The molecule has 2 aromatic rings. The Balaban J connectivity index is 2.25. The Hall–Kier alpha value is -2.44. The second-order valence-electron chi connectivity index (χ2n) is 3.26. The molecule has 7 heteroatoms. The van der Waals surface area contributed by atoms with Crippen LogP contribution in [0.5, 0.6) is 12.0 Å².